The van der Waals surface area contributed by atoms with Crippen LogP contribution in [0.2, 0.25) is 0 Å². The minimum absolute atomic E-state index is 0.0336. The minimum atomic E-state index is -0.558. The van der Waals surface area contributed by atoms with E-state index in [9.17, 15) is 9.59 Å². The number of carbonyl (C=O) groups excluding carboxylic acids is 2. The molecule has 142 valence electrons. The van der Waals surface area contributed by atoms with Crippen LogP contribution in [0, 0.1) is 5.92 Å². The number of anilines is 1. The Morgan fingerprint density at radius 2 is 2.19 bits per heavy atom. The predicted molar refractivity (Wildman–Crippen MR) is 96.7 cm³/mol. The van der Waals surface area contributed by atoms with Crippen molar-refractivity contribution in [3.8, 4) is 0 Å². The van der Waals surface area contributed by atoms with Crippen molar-refractivity contribution in [2.24, 2.45) is 5.92 Å². The summed E-state index contributed by atoms with van der Waals surface area (Å²) in [6.45, 7) is 12.1. The van der Waals surface area contributed by atoms with Crippen LogP contribution >= 0.6 is 0 Å². The molecule has 0 saturated carbocycles. The minimum Gasteiger partial charge on any atom is -0.444 e. The molecule has 0 spiro atoms. The van der Waals surface area contributed by atoms with E-state index >= 15 is 0 Å². The van der Waals surface area contributed by atoms with Crippen molar-refractivity contribution in [2.45, 2.75) is 65.1 Å². The van der Waals surface area contributed by atoms with E-state index in [1.807, 2.05) is 27.7 Å². The molecule has 26 heavy (non-hydrogen) atoms. The van der Waals surface area contributed by atoms with Gasteiger partial charge in [-0.2, -0.15) is 0 Å². The molecule has 1 aromatic rings. The van der Waals surface area contributed by atoms with Gasteiger partial charge in [-0.15, -0.1) is 6.58 Å². The van der Waals surface area contributed by atoms with E-state index < -0.39 is 5.60 Å². The van der Waals surface area contributed by atoms with E-state index in [-0.39, 0.29) is 24.0 Å². The van der Waals surface area contributed by atoms with Crippen molar-refractivity contribution in [1.29, 1.82) is 0 Å². The number of hydrogen-bond donors (Lipinski definition) is 0. The maximum absolute atomic E-state index is 12.6. The van der Waals surface area contributed by atoms with Gasteiger partial charge in [-0.05, 0) is 40.5 Å². The van der Waals surface area contributed by atoms with E-state index in [0.717, 1.165) is 17.7 Å². The first kappa shape index (κ1) is 18.5. The van der Waals surface area contributed by atoms with Crippen molar-refractivity contribution in [3.63, 3.8) is 0 Å². The lowest BCUT2D eigenvalue weighted by Crippen LogP contribution is -2.45. The van der Waals surface area contributed by atoms with Crippen LogP contribution in [0.25, 0.3) is 0 Å². The summed E-state index contributed by atoms with van der Waals surface area (Å²) in [5.74, 6) is 0.445. The standard InChI is InChI=1S/C19H27N3O4/c1-6-7-13-8-9-21(16(13)23)17-14-11-22(18(24)25-19(3,4)5)12(2)10-15(14)20-26-17/h6,12-13H,1,7-11H2,2-5H3/t12-,13?/m0/s1. The molecule has 0 aliphatic carbocycles. The summed E-state index contributed by atoms with van der Waals surface area (Å²) in [5, 5.41) is 4.16. The predicted octanol–water partition coefficient (Wildman–Crippen LogP) is 3.29. The molecule has 0 radical (unpaired) electrons. The van der Waals surface area contributed by atoms with Crippen molar-refractivity contribution in [3.05, 3.63) is 23.9 Å². The molecular weight excluding hydrogens is 334 g/mol. The van der Waals surface area contributed by atoms with Crippen LogP contribution in [0.1, 0.15) is 51.8 Å². The zero-order valence-electron chi connectivity index (χ0n) is 15.9. The molecule has 2 aliphatic rings. The van der Waals surface area contributed by atoms with Crippen LogP contribution in [0.4, 0.5) is 10.7 Å². The summed E-state index contributed by atoms with van der Waals surface area (Å²) in [4.78, 5) is 28.5. The molecule has 0 bridgehead atoms. The molecule has 2 atom stereocenters. The summed E-state index contributed by atoms with van der Waals surface area (Å²) in [6.07, 6.45) is 3.42. The van der Waals surface area contributed by atoms with Crippen LogP contribution in [0.15, 0.2) is 17.2 Å². The van der Waals surface area contributed by atoms with Gasteiger partial charge in [0.1, 0.15) is 5.60 Å². The smallest absolute Gasteiger partial charge is 0.410 e. The van der Waals surface area contributed by atoms with Gasteiger partial charge in [0.15, 0.2) is 0 Å². The number of ether oxygens (including phenoxy) is 1. The van der Waals surface area contributed by atoms with Gasteiger partial charge >= 0.3 is 6.09 Å². The van der Waals surface area contributed by atoms with Crippen molar-refractivity contribution in [2.75, 3.05) is 11.4 Å². The molecule has 2 aliphatic heterocycles. The van der Waals surface area contributed by atoms with Crippen LogP contribution in [-0.2, 0) is 22.5 Å². The van der Waals surface area contributed by atoms with Crippen molar-refractivity contribution < 1.29 is 18.8 Å². The average molecular weight is 361 g/mol. The molecular formula is C19H27N3O4. The highest BCUT2D eigenvalue weighted by atomic mass is 16.6. The zero-order valence-corrected chi connectivity index (χ0v) is 15.9. The lowest BCUT2D eigenvalue weighted by molar-refractivity contribution is -0.120. The normalized spacial score (nSPS) is 23.2. The van der Waals surface area contributed by atoms with Gasteiger partial charge in [0.2, 0.25) is 11.8 Å². The summed E-state index contributed by atoms with van der Waals surface area (Å²) in [5.41, 5.74) is 1.06. The molecule has 0 N–H and O–H groups in total. The van der Waals surface area contributed by atoms with Gasteiger partial charge in [-0.3, -0.25) is 9.69 Å². The molecule has 1 unspecified atom stereocenters. The van der Waals surface area contributed by atoms with Crippen molar-refractivity contribution in [1.82, 2.24) is 10.1 Å². The Balaban J connectivity index is 1.82. The van der Waals surface area contributed by atoms with E-state index in [2.05, 4.69) is 11.7 Å². The van der Waals surface area contributed by atoms with E-state index in [0.29, 0.717) is 31.8 Å². The summed E-state index contributed by atoms with van der Waals surface area (Å²) >= 11 is 0. The number of hydrogen-bond acceptors (Lipinski definition) is 5. The fourth-order valence-electron chi connectivity index (χ4n) is 3.51. The Bertz CT molecular complexity index is 719. The lowest BCUT2D eigenvalue weighted by atomic mass is 10.0. The highest BCUT2D eigenvalue weighted by Gasteiger charge is 2.39. The summed E-state index contributed by atoms with van der Waals surface area (Å²) < 4.78 is 11.0. The number of fused-ring (bicyclic) bond motifs is 1. The van der Waals surface area contributed by atoms with Gasteiger partial charge < -0.3 is 14.2 Å². The second kappa shape index (κ2) is 6.78. The molecule has 1 aromatic heterocycles. The largest absolute Gasteiger partial charge is 0.444 e. The summed E-state index contributed by atoms with van der Waals surface area (Å²) in [6, 6.07) is -0.0434. The fraction of sp³-hybridized carbons (Fsp3) is 0.632. The Morgan fingerprint density at radius 1 is 1.46 bits per heavy atom. The van der Waals surface area contributed by atoms with Gasteiger partial charge in [0.05, 0.1) is 17.8 Å². The lowest BCUT2D eigenvalue weighted by Gasteiger charge is -2.34. The third kappa shape index (κ3) is 3.48. The van der Waals surface area contributed by atoms with Gasteiger partial charge in [-0.1, -0.05) is 11.2 Å². The SMILES string of the molecule is C=CCC1CCN(c2onc3c2CN(C(=O)OC(C)(C)C)[C@@H](C)C3)C1=O. The second-order valence-electron chi connectivity index (χ2n) is 8.07. The maximum Gasteiger partial charge on any atom is 0.410 e. The van der Waals surface area contributed by atoms with Crippen LogP contribution < -0.4 is 4.90 Å². The first-order valence-corrected chi connectivity index (χ1v) is 9.10. The first-order chi connectivity index (χ1) is 12.2. The monoisotopic (exact) mass is 361 g/mol. The number of carbonyl (C=O) groups is 2. The molecule has 1 saturated heterocycles. The molecule has 7 nitrogen and oxygen atoms in total. The molecule has 3 heterocycles. The van der Waals surface area contributed by atoms with Crippen LogP contribution in [0.3, 0.4) is 0 Å². The fourth-order valence-corrected chi connectivity index (χ4v) is 3.51. The number of amides is 2. The number of aromatic nitrogens is 1. The Morgan fingerprint density at radius 3 is 2.85 bits per heavy atom. The average Bonchev–Trinajstić information content (AvgIpc) is 3.09. The Kier molecular flexibility index (Phi) is 4.82. The number of rotatable bonds is 3. The van der Waals surface area contributed by atoms with Crippen LogP contribution in [-0.4, -0.2) is 40.2 Å². The maximum atomic E-state index is 12.6. The third-order valence-electron chi connectivity index (χ3n) is 4.84. The highest BCUT2D eigenvalue weighted by molar-refractivity contribution is 5.96. The Hall–Kier alpha value is -2.31. The molecule has 2 amide bonds. The van der Waals surface area contributed by atoms with E-state index in [1.54, 1.807) is 15.9 Å². The van der Waals surface area contributed by atoms with Crippen molar-refractivity contribution >= 4 is 17.9 Å². The van der Waals surface area contributed by atoms with Gasteiger partial charge in [0, 0.05) is 24.9 Å². The quantitative estimate of drug-likeness (QED) is 0.772. The van der Waals surface area contributed by atoms with Crippen LogP contribution in [0.5, 0.6) is 0 Å². The third-order valence-corrected chi connectivity index (χ3v) is 4.84. The first-order valence-electron chi connectivity index (χ1n) is 9.10. The Labute approximate surface area is 153 Å². The topological polar surface area (TPSA) is 75.9 Å². The highest BCUT2D eigenvalue weighted by Crippen LogP contribution is 2.35. The van der Waals surface area contributed by atoms with Gasteiger partial charge in [0.25, 0.3) is 0 Å². The molecule has 1 fully saturated rings. The second-order valence-corrected chi connectivity index (χ2v) is 8.07. The van der Waals surface area contributed by atoms with E-state index in [1.165, 1.54) is 0 Å². The zero-order chi connectivity index (χ0) is 19.1. The molecule has 3 rings (SSSR count). The van der Waals surface area contributed by atoms with Gasteiger partial charge in [-0.25, -0.2) is 4.79 Å². The van der Waals surface area contributed by atoms with E-state index in [4.69, 9.17) is 9.26 Å². The summed E-state index contributed by atoms with van der Waals surface area (Å²) in [7, 11) is 0. The number of allylic oxidation sites excluding steroid dienone is 1. The molecule has 7 heteroatoms. The molecule has 0 aromatic carbocycles. The number of nitrogens with zero attached hydrogens (tertiary/aromatic N) is 3.